The average Bonchev–Trinajstić information content (AvgIpc) is 2.96. The minimum atomic E-state index is -0.551. The molecule has 0 saturated carbocycles. The second kappa shape index (κ2) is 6.52. The summed E-state index contributed by atoms with van der Waals surface area (Å²) >= 11 is 0. The maximum Gasteiger partial charge on any atom is 0.418 e. The van der Waals surface area contributed by atoms with Crippen molar-refractivity contribution in [1.82, 2.24) is 14.4 Å². The summed E-state index contributed by atoms with van der Waals surface area (Å²) < 4.78 is 6.89. The van der Waals surface area contributed by atoms with E-state index in [9.17, 15) is 9.59 Å². The van der Waals surface area contributed by atoms with Crippen molar-refractivity contribution in [2.45, 2.75) is 26.4 Å². The van der Waals surface area contributed by atoms with Crippen molar-refractivity contribution in [2.75, 3.05) is 33.2 Å². The molecular formula is C19H25N3O3. The van der Waals surface area contributed by atoms with E-state index >= 15 is 0 Å². The highest BCUT2D eigenvalue weighted by molar-refractivity contribution is 5.99. The van der Waals surface area contributed by atoms with Crippen molar-refractivity contribution in [2.24, 2.45) is 0 Å². The first-order chi connectivity index (χ1) is 11.7. The van der Waals surface area contributed by atoms with Crippen LogP contribution in [0.15, 0.2) is 30.5 Å². The van der Waals surface area contributed by atoms with Crippen LogP contribution in [0.25, 0.3) is 10.9 Å². The second-order valence-corrected chi connectivity index (χ2v) is 7.54. The van der Waals surface area contributed by atoms with E-state index in [1.54, 1.807) is 12.3 Å². The zero-order chi connectivity index (χ0) is 18.2. The summed E-state index contributed by atoms with van der Waals surface area (Å²) in [5, 5.41) is 0.853. The Balaban J connectivity index is 1.82. The predicted octanol–water partition coefficient (Wildman–Crippen LogP) is 2.81. The van der Waals surface area contributed by atoms with Crippen LogP contribution in [0, 0.1) is 0 Å². The molecule has 0 atom stereocenters. The number of rotatable bonds is 1. The Morgan fingerprint density at radius 1 is 1.04 bits per heavy atom. The van der Waals surface area contributed by atoms with Gasteiger partial charge in [-0.3, -0.25) is 9.36 Å². The number of carbonyl (C=O) groups excluding carboxylic acids is 2. The fraction of sp³-hybridized carbons (Fsp3) is 0.474. The highest BCUT2D eigenvalue weighted by Gasteiger charge is 2.22. The van der Waals surface area contributed by atoms with E-state index < -0.39 is 11.7 Å². The summed E-state index contributed by atoms with van der Waals surface area (Å²) in [7, 11) is 2.06. The molecule has 1 aliphatic rings. The smallest absolute Gasteiger partial charge is 0.418 e. The van der Waals surface area contributed by atoms with Gasteiger partial charge in [0.15, 0.2) is 0 Å². The molecule has 0 N–H and O–H groups in total. The molecule has 1 aromatic heterocycles. The summed E-state index contributed by atoms with van der Waals surface area (Å²) in [5.41, 5.74) is 0.841. The van der Waals surface area contributed by atoms with Crippen LogP contribution in [-0.4, -0.2) is 65.2 Å². The van der Waals surface area contributed by atoms with E-state index in [0.29, 0.717) is 5.56 Å². The van der Waals surface area contributed by atoms with Crippen LogP contribution in [0.1, 0.15) is 31.1 Å². The lowest BCUT2D eigenvalue weighted by Gasteiger charge is -2.32. The molecule has 0 spiro atoms. The third-order valence-electron chi connectivity index (χ3n) is 4.32. The molecule has 1 saturated heterocycles. The average molecular weight is 343 g/mol. The van der Waals surface area contributed by atoms with E-state index in [-0.39, 0.29) is 5.91 Å². The number of hydrogen-bond acceptors (Lipinski definition) is 4. The topological polar surface area (TPSA) is 54.8 Å². The van der Waals surface area contributed by atoms with E-state index in [1.165, 1.54) is 4.57 Å². The first-order valence-corrected chi connectivity index (χ1v) is 8.57. The maximum atomic E-state index is 12.7. The second-order valence-electron chi connectivity index (χ2n) is 7.54. The summed E-state index contributed by atoms with van der Waals surface area (Å²) in [6, 6.07) is 7.27. The van der Waals surface area contributed by atoms with Gasteiger partial charge in [0, 0.05) is 43.3 Å². The normalized spacial score (nSPS) is 16.2. The van der Waals surface area contributed by atoms with Gasteiger partial charge in [-0.05, 0) is 52.1 Å². The zero-order valence-electron chi connectivity index (χ0n) is 15.3. The van der Waals surface area contributed by atoms with Crippen molar-refractivity contribution in [3.63, 3.8) is 0 Å². The monoisotopic (exact) mass is 343 g/mol. The lowest BCUT2D eigenvalue weighted by atomic mass is 10.1. The van der Waals surface area contributed by atoms with Gasteiger partial charge in [0.2, 0.25) is 0 Å². The van der Waals surface area contributed by atoms with Gasteiger partial charge in [-0.25, -0.2) is 4.79 Å². The molecular weight excluding hydrogens is 318 g/mol. The molecule has 1 aliphatic heterocycles. The molecule has 2 aromatic rings. The fourth-order valence-electron chi connectivity index (χ4n) is 2.94. The van der Waals surface area contributed by atoms with E-state index in [2.05, 4.69) is 11.9 Å². The van der Waals surface area contributed by atoms with Crippen LogP contribution in [0.2, 0.25) is 0 Å². The number of ether oxygens (including phenoxy) is 1. The molecule has 2 heterocycles. The number of fused-ring (bicyclic) bond motifs is 1. The van der Waals surface area contributed by atoms with E-state index in [4.69, 9.17) is 4.74 Å². The Morgan fingerprint density at radius 3 is 2.36 bits per heavy atom. The summed E-state index contributed by atoms with van der Waals surface area (Å²) in [5.74, 6) is 0.0417. The molecule has 6 heteroatoms. The van der Waals surface area contributed by atoms with Gasteiger partial charge >= 0.3 is 6.09 Å². The molecule has 1 fully saturated rings. The number of amides is 1. The van der Waals surface area contributed by atoms with Crippen molar-refractivity contribution in [1.29, 1.82) is 0 Å². The molecule has 6 nitrogen and oxygen atoms in total. The SMILES string of the molecule is CN1CCN(C(=O)c2ccc3c(ccn3C(=O)OC(C)(C)C)c2)CC1. The van der Waals surface area contributed by atoms with Gasteiger partial charge in [-0.1, -0.05) is 0 Å². The van der Waals surface area contributed by atoms with Crippen LogP contribution in [0.3, 0.4) is 0 Å². The number of nitrogens with zero attached hydrogens (tertiary/aromatic N) is 3. The minimum Gasteiger partial charge on any atom is -0.443 e. The molecule has 1 amide bonds. The molecule has 0 aliphatic carbocycles. The number of likely N-dealkylation sites (N-methyl/N-ethyl adjacent to an activating group) is 1. The van der Waals surface area contributed by atoms with Gasteiger partial charge < -0.3 is 14.5 Å². The summed E-state index contributed by atoms with van der Waals surface area (Å²) in [6.45, 7) is 8.78. The van der Waals surface area contributed by atoms with Crippen molar-refractivity contribution in [3.8, 4) is 0 Å². The Hall–Kier alpha value is -2.34. The van der Waals surface area contributed by atoms with Gasteiger partial charge in [0.1, 0.15) is 5.60 Å². The molecule has 3 rings (SSSR count). The molecule has 25 heavy (non-hydrogen) atoms. The van der Waals surface area contributed by atoms with Crippen LogP contribution in [-0.2, 0) is 4.74 Å². The van der Waals surface area contributed by atoms with Crippen LogP contribution in [0.5, 0.6) is 0 Å². The molecule has 134 valence electrons. The number of carbonyl (C=O) groups is 2. The molecule has 0 unspecified atom stereocenters. The summed E-state index contributed by atoms with van der Waals surface area (Å²) in [4.78, 5) is 29.1. The fourth-order valence-corrected chi connectivity index (χ4v) is 2.94. The van der Waals surface area contributed by atoms with Crippen LogP contribution in [0.4, 0.5) is 4.79 Å². The standard InChI is InChI=1S/C19H25N3O3/c1-19(2,3)25-18(24)22-8-7-14-13-15(5-6-16(14)22)17(23)21-11-9-20(4)10-12-21/h5-8,13H,9-12H2,1-4H3. The Morgan fingerprint density at radius 2 is 1.72 bits per heavy atom. The quantitative estimate of drug-likeness (QED) is 0.799. The maximum absolute atomic E-state index is 12.7. The highest BCUT2D eigenvalue weighted by Crippen LogP contribution is 2.21. The van der Waals surface area contributed by atoms with E-state index in [1.807, 2.05) is 43.9 Å². The zero-order valence-corrected chi connectivity index (χ0v) is 15.3. The third kappa shape index (κ3) is 3.85. The van der Waals surface area contributed by atoms with Gasteiger partial charge in [0.05, 0.1) is 5.52 Å². The largest absolute Gasteiger partial charge is 0.443 e. The van der Waals surface area contributed by atoms with Crippen LogP contribution < -0.4 is 0 Å². The molecule has 0 bridgehead atoms. The third-order valence-corrected chi connectivity index (χ3v) is 4.32. The number of piperazine rings is 1. The summed E-state index contributed by atoms with van der Waals surface area (Å²) in [6.07, 6.45) is 1.27. The highest BCUT2D eigenvalue weighted by atomic mass is 16.6. The van der Waals surface area contributed by atoms with Crippen molar-refractivity contribution in [3.05, 3.63) is 36.0 Å². The number of aromatic nitrogens is 1. The predicted molar refractivity (Wildman–Crippen MR) is 97.0 cm³/mol. The Labute approximate surface area is 147 Å². The molecule has 1 aromatic carbocycles. The lowest BCUT2D eigenvalue weighted by molar-refractivity contribution is 0.0544. The number of benzene rings is 1. The van der Waals surface area contributed by atoms with Gasteiger partial charge in [-0.15, -0.1) is 0 Å². The van der Waals surface area contributed by atoms with E-state index in [0.717, 1.165) is 37.1 Å². The van der Waals surface area contributed by atoms with Gasteiger partial charge in [0.25, 0.3) is 5.91 Å². The van der Waals surface area contributed by atoms with Crippen LogP contribution >= 0.6 is 0 Å². The molecule has 0 radical (unpaired) electrons. The van der Waals surface area contributed by atoms with Gasteiger partial charge in [-0.2, -0.15) is 0 Å². The first-order valence-electron chi connectivity index (χ1n) is 8.57. The van der Waals surface area contributed by atoms with Crippen molar-refractivity contribution >= 4 is 22.9 Å². The Kier molecular flexibility index (Phi) is 4.56. The van der Waals surface area contributed by atoms with Crippen molar-refractivity contribution < 1.29 is 14.3 Å². The first kappa shape index (κ1) is 17.5. The lowest BCUT2D eigenvalue weighted by Crippen LogP contribution is -2.47. The Bertz CT molecular complexity index is 796. The minimum absolute atomic E-state index is 0.0417. The number of hydrogen-bond donors (Lipinski definition) is 0.